The van der Waals surface area contributed by atoms with Crippen LogP contribution in [0.1, 0.15) is 5.69 Å². The van der Waals surface area contributed by atoms with Gasteiger partial charge in [0.25, 0.3) is 0 Å². The van der Waals surface area contributed by atoms with Gasteiger partial charge in [0.15, 0.2) is 0 Å². The van der Waals surface area contributed by atoms with Crippen LogP contribution in [0.5, 0.6) is 0 Å². The highest BCUT2D eigenvalue weighted by Gasteiger charge is 2.32. The van der Waals surface area contributed by atoms with Gasteiger partial charge in [-0.2, -0.15) is 13.2 Å². The SMILES string of the molecule is C[Si](C)(C)c1ccc2nc(C(F)(F)F)ccc2c1. The lowest BCUT2D eigenvalue weighted by atomic mass is 10.2. The molecule has 0 aliphatic heterocycles. The molecule has 0 fully saturated rings. The monoisotopic (exact) mass is 269 g/mol. The number of alkyl halides is 3. The van der Waals surface area contributed by atoms with Gasteiger partial charge in [-0.25, -0.2) is 4.98 Å². The van der Waals surface area contributed by atoms with Crippen LogP contribution < -0.4 is 5.19 Å². The van der Waals surface area contributed by atoms with E-state index < -0.39 is 19.9 Å². The second-order valence-electron chi connectivity index (χ2n) is 5.35. The van der Waals surface area contributed by atoms with Crippen LogP contribution in [-0.2, 0) is 6.18 Å². The first-order valence-corrected chi connectivity index (χ1v) is 9.16. The molecule has 0 aliphatic rings. The molecule has 0 N–H and O–H groups in total. The Bertz CT molecular complexity index is 532. The van der Waals surface area contributed by atoms with E-state index >= 15 is 0 Å². The zero-order valence-electron chi connectivity index (χ0n) is 10.5. The van der Waals surface area contributed by atoms with Crippen LogP contribution in [0.3, 0.4) is 0 Å². The van der Waals surface area contributed by atoms with Gasteiger partial charge in [-0.3, -0.25) is 0 Å². The molecule has 0 saturated heterocycles. The highest BCUT2D eigenvalue weighted by atomic mass is 28.3. The average Bonchev–Trinajstić information content (AvgIpc) is 2.25. The molecule has 2 aromatic rings. The minimum absolute atomic E-state index is 0.395. The molecule has 0 unspecified atom stereocenters. The molecule has 0 spiro atoms. The van der Waals surface area contributed by atoms with Crippen LogP contribution >= 0.6 is 0 Å². The van der Waals surface area contributed by atoms with Gasteiger partial charge in [-0.1, -0.05) is 43.0 Å². The fourth-order valence-electron chi connectivity index (χ4n) is 1.75. The van der Waals surface area contributed by atoms with Crippen molar-refractivity contribution in [2.45, 2.75) is 25.8 Å². The van der Waals surface area contributed by atoms with Gasteiger partial charge in [0.2, 0.25) is 0 Å². The first kappa shape index (κ1) is 13.1. The summed E-state index contributed by atoms with van der Waals surface area (Å²) in [6.45, 7) is 6.60. The molecule has 0 bridgehead atoms. The maximum absolute atomic E-state index is 12.5. The van der Waals surface area contributed by atoms with Crippen molar-refractivity contribution in [1.82, 2.24) is 4.98 Å². The summed E-state index contributed by atoms with van der Waals surface area (Å²) in [4.78, 5) is 3.66. The lowest BCUT2D eigenvalue weighted by molar-refractivity contribution is -0.140. The van der Waals surface area contributed by atoms with Gasteiger partial charge in [0, 0.05) is 5.39 Å². The predicted octanol–water partition coefficient (Wildman–Crippen LogP) is 3.80. The van der Waals surface area contributed by atoms with Gasteiger partial charge < -0.3 is 0 Å². The molecule has 2 rings (SSSR count). The topological polar surface area (TPSA) is 12.9 Å². The Hall–Kier alpha value is -1.36. The maximum Gasteiger partial charge on any atom is 0.433 e. The number of pyridine rings is 1. The van der Waals surface area contributed by atoms with Gasteiger partial charge in [-0.05, 0) is 12.1 Å². The molecule has 5 heteroatoms. The van der Waals surface area contributed by atoms with Crippen molar-refractivity contribution >= 4 is 24.2 Å². The summed E-state index contributed by atoms with van der Waals surface area (Å²) >= 11 is 0. The Kier molecular flexibility index (Phi) is 2.97. The quantitative estimate of drug-likeness (QED) is 0.718. The first-order valence-electron chi connectivity index (χ1n) is 5.66. The second-order valence-corrected chi connectivity index (χ2v) is 10.4. The van der Waals surface area contributed by atoms with E-state index in [2.05, 4.69) is 24.6 Å². The molecule has 0 amide bonds. The molecule has 1 aromatic carbocycles. The molecule has 1 nitrogen and oxygen atoms in total. The molecule has 0 aliphatic carbocycles. The molecule has 1 aromatic heterocycles. The Morgan fingerprint density at radius 2 is 1.67 bits per heavy atom. The van der Waals surface area contributed by atoms with Crippen molar-refractivity contribution in [3.05, 3.63) is 36.0 Å². The summed E-state index contributed by atoms with van der Waals surface area (Å²) in [5, 5.41) is 1.99. The highest BCUT2D eigenvalue weighted by molar-refractivity contribution is 6.88. The average molecular weight is 269 g/mol. The molecular formula is C13H14F3NSi. The minimum atomic E-state index is -4.38. The third kappa shape index (κ3) is 2.56. The summed E-state index contributed by atoms with van der Waals surface area (Å²) in [6.07, 6.45) is -4.38. The van der Waals surface area contributed by atoms with Gasteiger partial charge in [0.05, 0.1) is 13.6 Å². The number of hydrogen-bond donors (Lipinski definition) is 0. The van der Waals surface area contributed by atoms with E-state index in [1.54, 1.807) is 6.07 Å². The van der Waals surface area contributed by atoms with Gasteiger partial charge in [0.1, 0.15) is 5.69 Å². The zero-order chi connectivity index (χ0) is 13.6. The van der Waals surface area contributed by atoms with E-state index in [1.165, 1.54) is 11.3 Å². The predicted molar refractivity (Wildman–Crippen MR) is 69.7 cm³/mol. The molecule has 0 atom stereocenters. The number of benzene rings is 1. The number of hydrogen-bond acceptors (Lipinski definition) is 1. The van der Waals surface area contributed by atoms with Crippen LogP contribution in [0.15, 0.2) is 30.3 Å². The lowest BCUT2D eigenvalue weighted by Gasteiger charge is -2.17. The van der Waals surface area contributed by atoms with E-state index in [1.807, 2.05) is 12.1 Å². The largest absolute Gasteiger partial charge is 0.433 e. The summed E-state index contributed by atoms with van der Waals surface area (Å²) in [7, 11) is -1.45. The van der Waals surface area contributed by atoms with Crippen molar-refractivity contribution in [1.29, 1.82) is 0 Å². The van der Waals surface area contributed by atoms with Crippen molar-refractivity contribution in [3.8, 4) is 0 Å². The van der Waals surface area contributed by atoms with Crippen LogP contribution in [0.2, 0.25) is 19.6 Å². The third-order valence-electron chi connectivity index (χ3n) is 2.85. The minimum Gasteiger partial charge on any atom is -0.243 e. The number of fused-ring (bicyclic) bond motifs is 1. The summed E-state index contributed by atoms with van der Waals surface area (Å²) in [5.74, 6) is 0. The van der Waals surface area contributed by atoms with Gasteiger partial charge >= 0.3 is 6.18 Å². The summed E-state index contributed by atoms with van der Waals surface area (Å²) in [5.41, 5.74) is -0.442. The highest BCUT2D eigenvalue weighted by Crippen LogP contribution is 2.28. The van der Waals surface area contributed by atoms with Gasteiger partial charge in [-0.15, -0.1) is 0 Å². The molecule has 18 heavy (non-hydrogen) atoms. The Morgan fingerprint density at radius 1 is 1.00 bits per heavy atom. The second kappa shape index (κ2) is 4.09. The van der Waals surface area contributed by atoms with E-state index in [-0.39, 0.29) is 0 Å². The van der Waals surface area contributed by atoms with Crippen molar-refractivity contribution in [2.24, 2.45) is 0 Å². The smallest absolute Gasteiger partial charge is 0.243 e. The number of halogens is 3. The molecule has 1 heterocycles. The molecule has 0 radical (unpaired) electrons. The fraction of sp³-hybridized carbons (Fsp3) is 0.308. The maximum atomic E-state index is 12.5. The van der Waals surface area contributed by atoms with E-state index in [9.17, 15) is 13.2 Å². The van der Waals surface area contributed by atoms with Crippen molar-refractivity contribution < 1.29 is 13.2 Å². The Labute approximate surface area is 105 Å². The lowest BCUT2D eigenvalue weighted by Crippen LogP contribution is -2.37. The van der Waals surface area contributed by atoms with Crippen molar-refractivity contribution in [2.75, 3.05) is 0 Å². The summed E-state index contributed by atoms with van der Waals surface area (Å²) in [6, 6.07) is 8.06. The molecular weight excluding hydrogens is 255 g/mol. The standard InChI is InChI=1S/C13H14F3NSi/c1-18(2,3)10-5-6-11-9(8-10)4-7-12(17-11)13(14,15)16/h4-8H,1-3H3. The van der Waals surface area contributed by atoms with Crippen LogP contribution in [0.25, 0.3) is 10.9 Å². The number of nitrogens with zero attached hydrogens (tertiary/aromatic N) is 1. The first-order chi connectivity index (χ1) is 8.18. The van der Waals surface area contributed by atoms with Crippen LogP contribution in [0, 0.1) is 0 Å². The van der Waals surface area contributed by atoms with Crippen LogP contribution in [0.4, 0.5) is 13.2 Å². The normalized spacial score (nSPS) is 13.0. The summed E-state index contributed by atoms with van der Waals surface area (Å²) < 4.78 is 37.6. The van der Waals surface area contributed by atoms with E-state index in [4.69, 9.17) is 0 Å². The molecule has 96 valence electrons. The van der Waals surface area contributed by atoms with Crippen LogP contribution in [-0.4, -0.2) is 13.1 Å². The Morgan fingerprint density at radius 3 is 2.22 bits per heavy atom. The molecule has 0 saturated carbocycles. The fourth-order valence-corrected chi connectivity index (χ4v) is 2.92. The van der Waals surface area contributed by atoms with Crippen molar-refractivity contribution in [3.63, 3.8) is 0 Å². The number of aromatic nitrogens is 1. The third-order valence-corrected chi connectivity index (χ3v) is 4.89. The Balaban J connectivity index is 2.56. The van der Waals surface area contributed by atoms with E-state index in [0.717, 1.165) is 11.5 Å². The zero-order valence-corrected chi connectivity index (χ0v) is 11.5. The van der Waals surface area contributed by atoms with E-state index in [0.29, 0.717) is 5.52 Å². The number of rotatable bonds is 1.